The molecule has 186 valence electrons. The molecular formula is C31H29N3O2S. The fourth-order valence-corrected chi connectivity index (χ4v) is 5.84. The first-order valence-electron chi connectivity index (χ1n) is 12.5. The molecule has 4 aromatic rings. The standard InChI is InChI=1S/C31H29N3O2S/c1-4-27(36)31(2)16-15-24-23(19-34(3)26(24)18-31)17-28-32-25(20-35)30(37-28)33-29(21-11-7-5-8-12-21)22-13-9-6-10-14-22/h5-15,18-20H,4,16-17H2,1-3H3. The van der Waals surface area contributed by atoms with Gasteiger partial charge in [0.25, 0.3) is 0 Å². The van der Waals surface area contributed by atoms with E-state index in [0.717, 1.165) is 44.3 Å². The average molecular weight is 508 g/mol. The van der Waals surface area contributed by atoms with Crippen LogP contribution in [-0.2, 0) is 18.3 Å². The second-order valence-electron chi connectivity index (χ2n) is 9.60. The number of fused-ring (bicyclic) bond motifs is 1. The quantitative estimate of drug-likeness (QED) is 0.249. The van der Waals surface area contributed by atoms with Crippen molar-refractivity contribution >= 4 is 46.3 Å². The molecule has 1 atom stereocenters. The lowest BCUT2D eigenvalue weighted by Gasteiger charge is -2.24. The van der Waals surface area contributed by atoms with Crippen molar-refractivity contribution in [2.45, 2.75) is 33.1 Å². The van der Waals surface area contributed by atoms with Gasteiger partial charge in [-0.1, -0.05) is 85.0 Å². The number of aryl methyl sites for hydroxylation is 1. The zero-order chi connectivity index (χ0) is 26.0. The van der Waals surface area contributed by atoms with Gasteiger partial charge in [0.15, 0.2) is 6.29 Å². The van der Waals surface area contributed by atoms with E-state index in [1.165, 1.54) is 11.3 Å². The molecule has 0 saturated carbocycles. The first-order chi connectivity index (χ1) is 17.9. The van der Waals surface area contributed by atoms with Crippen LogP contribution in [0, 0.1) is 5.41 Å². The van der Waals surface area contributed by atoms with Crippen LogP contribution < -0.4 is 10.6 Å². The van der Waals surface area contributed by atoms with Gasteiger partial charge in [0.1, 0.15) is 21.5 Å². The van der Waals surface area contributed by atoms with E-state index in [2.05, 4.69) is 27.9 Å². The van der Waals surface area contributed by atoms with E-state index in [1.54, 1.807) is 0 Å². The lowest BCUT2D eigenvalue weighted by molar-refractivity contribution is -0.124. The number of Topliss-reactive ketones (excluding diaryl/α,β-unsaturated/α-hetero) is 1. The maximum Gasteiger partial charge on any atom is 0.171 e. The van der Waals surface area contributed by atoms with Gasteiger partial charge < -0.3 is 4.57 Å². The van der Waals surface area contributed by atoms with Crippen molar-refractivity contribution in [2.24, 2.45) is 17.5 Å². The van der Waals surface area contributed by atoms with Crippen LogP contribution in [0.25, 0.3) is 12.2 Å². The molecular weight excluding hydrogens is 478 g/mol. The molecule has 0 bridgehead atoms. The number of aldehydes is 1. The summed E-state index contributed by atoms with van der Waals surface area (Å²) in [4.78, 5) is 34.1. The highest BCUT2D eigenvalue weighted by Gasteiger charge is 2.30. The van der Waals surface area contributed by atoms with Crippen molar-refractivity contribution in [3.63, 3.8) is 0 Å². The summed E-state index contributed by atoms with van der Waals surface area (Å²) in [5, 5.41) is 3.65. The van der Waals surface area contributed by atoms with Crippen LogP contribution in [0.5, 0.6) is 0 Å². The number of thiazole rings is 1. The zero-order valence-corrected chi connectivity index (χ0v) is 22.1. The minimum Gasteiger partial charge on any atom is -0.350 e. The van der Waals surface area contributed by atoms with Crippen molar-refractivity contribution in [3.05, 3.63) is 105 Å². The van der Waals surface area contributed by atoms with E-state index in [1.807, 2.05) is 81.6 Å². The highest BCUT2D eigenvalue weighted by Crippen LogP contribution is 2.31. The van der Waals surface area contributed by atoms with Crippen molar-refractivity contribution in [2.75, 3.05) is 0 Å². The van der Waals surface area contributed by atoms with E-state index >= 15 is 0 Å². The van der Waals surface area contributed by atoms with Gasteiger partial charge in [-0.2, -0.15) is 0 Å². The molecule has 1 aliphatic carbocycles. The number of carbonyl (C=O) groups excluding carboxylic acids is 2. The third kappa shape index (κ3) is 4.89. The van der Waals surface area contributed by atoms with Gasteiger partial charge in [-0.05, 0) is 30.2 Å². The summed E-state index contributed by atoms with van der Waals surface area (Å²) in [7, 11) is 2.01. The molecule has 0 spiro atoms. The average Bonchev–Trinajstić information content (AvgIpc) is 3.46. The number of aliphatic imine (C=N–C) groups is 1. The van der Waals surface area contributed by atoms with E-state index in [-0.39, 0.29) is 5.78 Å². The molecule has 1 unspecified atom stereocenters. The largest absolute Gasteiger partial charge is 0.350 e. The Hall–Kier alpha value is -3.90. The Morgan fingerprint density at radius 1 is 1.11 bits per heavy atom. The Balaban J connectivity index is 1.54. The lowest BCUT2D eigenvalue weighted by Crippen LogP contribution is -2.39. The van der Waals surface area contributed by atoms with Crippen LogP contribution in [0.2, 0.25) is 0 Å². The van der Waals surface area contributed by atoms with Gasteiger partial charge in [0, 0.05) is 48.0 Å². The minimum absolute atomic E-state index is 0.253. The molecule has 0 aliphatic heterocycles. The summed E-state index contributed by atoms with van der Waals surface area (Å²) in [6.07, 6.45) is 8.98. The number of hydrogen-bond donors (Lipinski definition) is 0. The molecule has 5 nitrogen and oxygen atoms in total. The second kappa shape index (κ2) is 10.2. The number of nitrogens with zero attached hydrogens (tertiary/aromatic N) is 3. The van der Waals surface area contributed by atoms with Crippen LogP contribution in [-0.4, -0.2) is 27.3 Å². The second-order valence-corrected chi connectivity index (χ2v) is 10.7. The van der Waals surface area contributed by atoms with Crippen molar-refractivity contribution in [3.8, 4) is 0 Å². The predicted molar refractivity (Wildman–Crippen MR) is 150 cm³/mol. The highest BCUT2D eigenvalue weighted by atomic mass is 32.1. The number of rotatable bonds is 8. The molecule has 0 N–H and O–H groups in total. The smallest absolute Gasteiger partial charge is 0.171 e. The van der Waals surface area contributed by atoms with Crippen molar-refractivity contribution in [1.29, 1.82) is 0 Å². The van der Waals surface area contributed by atoms with E-state index in [4.69, 9.17) is 4.99 Å². The molecule has 2 heterocycles. The van der Waals surface area contributed by atoms with Crippen LogP contribution in [0.1, 0.15) is 58.9 Å². The predicted octanol–water partition coefficient (Wildman–Crippen LogP) is 5.00. The number of carbonyl (C=O) groups is 2. The summed E-state index contributed by atoms with van der Waals surface area (Å²) in [6.45, 7) is 3.94. The van der Waals surface area contributed by atoms with Crippen LogP contribution in [0.3, 0.4) is 0 Å². The topological polar surface area (TPSA) is 64.3 Å². The molecule has 6 heteroatoms. The van der Waals surface area contributed by atoms with Gasteiger partial charge in [0.05, 0.1) is 5.71 Å². The monoisotopic (exact) mass is 507 g/mol. The molecule has 0 saturated heterocycles. The summed E-state index contributed by atoms with van der Waals surface area (Å²) >= 11 is 1.45. The molecule has 2 aromatic heterocycles. The Morgan fingerprint density at radius 3 is 2.35 bits per heavy atom. The number of hydrogen-bond acceptors (Lipinski definition) is 5. The molecule has 0 radical (unpaired) electrons. The molecule has 1 aliphatic rings. The lowest BCUT2D eigenvalue weighted by atomic mass is 9.78. The van der Waals surface area contributed by atoms with Gasteiger partial charge >= 0.3 is 0 Å². The summed E-state index contributed by atoms with van der Waals surface area (Å²) in [5.41, 5.74) is 3.78. The Morgan fingerprint density at radius 2 is 1.76 bits per heavy atom. The van der Waals surface area contributed by atoms with E-state index < -0.39 is 5.41 Å². The number of ketones is 1. The SMILES string of the molecule is CCC(=O)C1(C)C=c2c(c(Cc3nc(C=O)c(N=C(c4ccccc4)c4ccccc4)s3)cn2C)=CC1. The highest BCUT2D eigenvalue weighted by molar-refractivity contribution is 7.15. The number of aromatic nitrogens is 2. The fourth-order valence-electron chi connectivity index (χ4n) is 4.91. The molecule has 0 amide bonds. The molecule has 2 aromatic carbocycles. The third-order valence-corrected chi connectivity index (χ3v) is 7.90. The summed E-state index contributed by atoms with van der Waals surface area (Å²) in [5.74, 6) is 0.253. The van der Waals surface area contributed by atoms with Crippen LogP contribution >= 0.6 is 11.3 Å². The Bertz CT molecular complexity index is 1570. The minimum atomic E-state index is -0.468. The van der Waals surface area contributed by atoms with Crippen molar-refractivity contribution in [1.82, 2.24) is 9.55 Å². The number of benzene rings is 2. The van der Waals surface area contributed by atoms with E-state index in [9.17, 15) is 9.59 Å². The maximum atomic E-state index is 12.6. The van der Waals surface area contributed by atoms with Crippen LogP contribution in [0.15, 0.2) is 71.9 Å². The third-order valence-electron chi connectivity index (χ3n) is 6.93. The van der Waals surface area contributed by atoms with Crippen LogP contribution in [0.4, 0.5) is 5.00 Å². The molecule has 37 heavy (non-hydrogen) atoms. The molecule has 5 rings (SSSR count). The van der Waals surface area contributed by atoms with Gasteiger partial charge in [0.2, 0.25) is 0 Å². The van der Waals surface area contributed by atoms with E-state index in [0.29, 0.717) is 30.0 Å². The zero-order valence-electron chi connectivity index (χ0n) is 21.3. The fraction of sp³-hybridized carbons (Fsp3) is 0.226. The summed E-state index contributed by atoms with van der Waals surface area (Å²) < 4.78 is 2.08. The Kier molecular flexibility index (Phi) is 6.85. The maximum absolute atomic E-state index is 12.6. The Labute approximate surface area is 220 Å². The van der Waals surface area contributed by atoms with Crippen molar-refractivity contribution < 1.29 is 9.59 Å². The first kappa shape index (κ1) is 24.8. The van der Waals surface area contributed by atoms with Gasteiger partial charge in [-0.15, -0.1) is 0 Å². The van der Waals surface area contributed by atoms with Gasteiger partial charge in [-0.3, -0.25) is 9.59 Å². The normalized spacial score (nSPS) is 16.3. The molecule has 0 fully saturated rings. The first-order valence-corrected chi connectivity index (χ1v) is 13.3. The van der Waals surface area contributed by atoms with Gasteiger partial charge in [-0.25, -0.2) is 9.98 Å². The summed E-state index contributed by atoms with van der Waals surface area (Å²) in [6, 6.07) is 20.0.